The van der Waals surface area contributed by atoms with E-state index in [4.69, 9.17) is 19.4 Å². The van der Waals surface area contributed by atoms with E-state index in [1.165, 1.54) is 6.07 Å². The van der Waals surface area contributed by atoms with Gasteiger partial charge >= 0.3 is 18.1 Å². The van der Waals surface area contributed by atoms with Crippen molar-refractivity contribution in [2.45, 2.75) is 13.1 Å². The maximum absolute atomic E-state index is 11.3. The normalized spacial score (nSPS) is 10.7. The fourth-order valence-electron chi connectivity index (χ4n) is 3.22. The lowest BCUT2D eigenvalue weighted by atomic mass is 10.2. The van der Waals surface area contributed by atoms with Crippen molar-refractivity contribution in [3.63, 3.8) is 0 Å². The number of alkyl halides is 3. The summed E-state index contributed by atoms with van der Waals surface area (Å²) in [6.07, 6.45) is -3.46. The number of aromatic nitrogens is 4. The Hall–Kier alpha value is -5.34. The van der Waals surface area contributed by atoms with Crippen molar-refractivity contribution >= 4 is 35.2 Å². The molecule has 0 unspecified atom stereocenters. The number of nitrogens with zero attached hydrogens (tertiary/aromatic N) is 4. The highest BCUT2D eigenvalue weighted by molar-refractivity contribution is 5.88. The van der Waals surface area contributed by atoms with Gasteiger partial charge in [-0.25, -0.2) is 19.3 Å². The summed E-state index contributed by atoms with van der Waals surface area (Å²) >= 11 is 0. The number of benzene rings is 2. The van der Waals surface area contributed by atoms with Crippen LogP contribution in [-0.2, 0) is 4.79 Å². The first-order valence-corrected chi connectivity index (χ1v) is 11.2. The summed E-state index contributed by atoms with van der Waals surface area (Å²) in [5, 5.41) is 27.3. The number of aliphatic carboxylic acids is 1. The number of rotatable bonds is 8. The number of carboxylic acids is 2. The average Bonchev–Trinajstić information content (AvgIpc) is 3.28. The standard InChI is InChI=1S/C23H22N6O4.C2HF3O2/c1-14-11-21(29(28-14)17-6-4-5-15(12-17)22(30)31)26-20-9-10-24-23(27-20)25-16-7-8-18(32-2)19(13-16)33-3;3-2(4,5)1(6)7/h4-13H,1-3H3,(H,30,31)(H2,24,25,26,27);(H,6,7). The lowest BCUT2D eigenvalue weighted by molar-refractivity contribution is -0.192. The Morgan fingerprint density at radius 3 is 2.27 bits per heavy atom. The molecule has 0 aliphatic rings. The number of carbonyl (C=O) groups is 2. The number of methoxy groups -OCH3 is 2. The number of halogens is 3. The monoisotopic (exact) mass is 560 g/mol. The van der Waals surface area contributed by atoms with Crippen LogP contribution in [0.3, 0.4) is 0 Å². The zero-order valence-corrected chi connectivity index (χ0v) is 21.2. The second-order valence-corrected chi connectivity index (χ2v) is 7.83. The first kappa shape index (κ1) is 29.2. The topological polar surface area (TPSA) is 161 Å². The molecule has 0 fully saturated rings. The van der Waals surface area contributed by atoms with E-state index >= 15 is 0 Å². The molecule has 12 nitrogen and oxygen atoms in total. The third kappa shape index (κ3) is 7.59. The van der Waals surface area contributed by atoms with Crippen LogP contribution in [0.1, 0.15) is 16.1 Å². The molecule has 0 atom stereocenters. The molecule has 15 heteroatoms. The van der Waals surface area contributed by atoms with Crippen LogP contribution in [0.2, 0.25) is 0 Å². The molecular weight excluding hydrogens is 537 g/mol. The molecule has 2 heterocycles. The predicted octanol–water partition coefficient (Wildman–Crippen LogP) is 4.81. The molecule has 0 saturated carbocycles. The van der Waals surface area contributed by atoms with Gasteiger partial charge in [-0.1, -0.05) is 6.07 Å². The Kier molecular flexibility index (Phi) is 9.11. The molecule has 0 bridgehead atoms. The van der Waals surface area contributed by atoms with Crippen molar-refractivity contribution in [2.24, 2.45) is 0 Å². The van der Waals surface area contributed by atoms with Crippen LogP contribution in [0.4, 0.5) is 36.4 Å². The first-order chi connectivity index (χ1) is 18.9. The smallest absolute Gasteiger partial charge is 0.490 e. The summed E-state index contributed by atoms with van der Waals surface area (Å²) in [5.74, 6) is -1.02. The fraction of sp³-hybridized carbons (Fsp3) is 0.160. The molecule has 0 amide bonds. The number of hydrogen-bond donors (Lipinski definition) is 4. The summed E-state index contributed by atoms with van der Waals surface area (Å²) in [6.45, 7) is 1.85. The minimum atomic E-state index is -5.08. The lowest BCUT2D eigenvalue weighted by Gasteiger charge is -2.12. The third-order valence-corrected chi connectivity index (χ3v) is 4.96. The number of anilines is 4. The van der Waals surface area contributed by atoms with E-state index in [0.29, 0.717) is 34.8 Å². The molecule has 4 N–H and O–H groups in total. The highest BCUT2D eigenvalue weighted by Gasteiger charge is 2.38. The van der Waals surface area contributed by atoms with Crippen molar-refractivity contribution in [2.75, 3.05) is 24.9 Å². The molecular formula is C25H23F3N6O6. The van der Waals surface area contributed by atoms with Crippen molar-refractivity contribution in [1.82, 2.24) is 19.7 Å². The van der Waals surface area contributed by atoms with Crippen LogP contribution in [0.5, 0.6) is 11.5 Å². The van der Waals surface area contributed by atoms with Gasteiger partial charge in [0.15, 0.2) is 11.5 Å². The number of aromatic carboxylic acids is 1. The van der Waals surface area contributed by atoms with Gasteiger partial charge in [-0.2, -0.15) is 23.3 Å². The highest BCUT2D eigenvalue weighted by Crippen LogP contribution is 2.31. The molecule has 0 radical (unpaired) electrons. The minimum absolute atomic E-state index is 0.176. The summed E-state index contributed by atoms with van der Waals surface area (Å²) in [5.41, 5.74) is 2.28. The van der Waals surface area contributed by atoms with Crippen LogP contribution >= 0.6 is 0 Å². The SMILES string of the molecule is COc1ccc(Nc2nccc(Nc3cc(C)nn3-c3cccc(C(=O)O)c3)n2)cc1OC.O=C(O)C(F)(F)F. The molecule has 2 aromatic heterocycles. The highest BCUT2D eigenvalue weighted by atomic mass is 19.4. The van der Waals surface area contributed by atoms with E-state index in [2.05, 4.69) is 25.7 Å². The zero-order valence-electron chi connectivity index (χ0n) is 21.2. The molecule has 2 aromatic carbocycles. The quantitative estimate of drug-likeness (QED) is 0.234. The van der Waals surface area contributed by atoms with E-state index in [-0.39, 0.29) is 5.56 Å². The Balaban J connectivity index is 0.000000559. The van der Waals surface area contributed by atoms with Crippen LogP contribution in [0, 0.1) is 6.92 Å². The van der Waals surface area contributed by atoms with Gasteiger partial charge in [0, 0.05) is 24.0 Å². The van der Waals surface area contributed by atoms with Crippen LogP contribution < -0.4 is 20.1 Å². The third-order valence-electron chi connectivity index (χ3n) is 4.96. The van der Waals surface area contributed by atoms with Gasteiger partial charge in [0.1, 0.15) is 11.6 Å². The summed E-state index contributed by atoms with van der Waals surface area (Å²) in [6, 6.07) is 15.5. The van der Waals surface area contributed by atoms with Gasteiger partial charge in [0.05, 0.1) is 31.2 Å². The van der Waals surface area contributed by atoms with Gasteiger partial charge in [0.25, 0.3) is 0 Å². The molecule has 0 aliphatic heterocycles. The van der Waals surface area contributed by atoms with Gasteiger partial charge in [-0.05, 0) is 43.3 Å². The summed E-state index contributed by atoms with van der Waals surface area (Å²) in [4.78, 5) is 29.0. The maximum atomic E-state index is 11.3. The molecule has 4 aromatic rings. The predicted molar refractivity (Wildman–Crippen MR) is 137 cm³/mol. The van der Waals surface area contributed by atoms with E-state index in [1.54, 1.807) is 61.5 Å². The van der Waals surface area contributed by atoms with Gasteiger partial charge in [0.2, 0.25) is 5.95 Å². The lowest BCUT2D eigenvalue weighted by Crippen LogP contribution is -2.21. The van der Waals surface area contributed by atoms with Crippen LogP contribution in [0.25, 0.3) is 5.69 Å². The second kappa shape index (κ2) is 12.5. The molecule has 210 valence electrons. The van der Waals surface area contributed by atoms with Gasteiger partial charge in [-0.15, -0.1) is 0 Å². The summed E-state index contributed by atoms with van der Waals surface area (Å²) < 4.78 is 44.0. The number of aryl methyl sites for hydroxylation is 1. The van der Waals surface area contributed by atoms with Crippen LogP contribution in [0.15, 0.2) is 60.8 Å². The second-order valence-electron chi connectivity index (χ2n) is 7.83. The molecule has 40 heavy (non-hydrogen) atoms. The Labute approximate surface area is 225 Å². The van der Waals surface area contributed by atoms with Gasteiger partial charge < -0.3 is 30.3 Å². The number of carboxylic acid groups (broad SMARTS) is 2. The molecule has 4 rings (SSSR count). The van der Waals surface area contributed by atoms with E-state index in [0.717, 1.165) is 11.4 Å². The first-order valence-electron chi connectivity index (χ1n) is 11.2. The fourth-order valence-corrected chi connectivity index (χ4v) is 3.22. The summed E-state index contributed by atoms with van der Waals surface area (Å²) in [7, 11) is 3.15. The Bertz CT molecular complexity index is 1510. The Morgan fingerprint density at radius 2 is 1.65 bits per heavy atom. The number of ether oxygens (including phenoxy) is 2. The van der Waals surface area contributed by atoms with Crippen molar-refractivity contribution in [3.05, 3.63) is 72.1 Å². The van der Waals surface area contributed by atoms with E-state index in [9.17, 15) is 23.1 Å². The minimum Gasteiger partial charge on any atom is -0.493 e. The maximum Gasteiger partial charge on any atom is 0.490 e. The molecule has 0 spiro atoms. The molecule has 0 saturated heterocycles. The van der Waals surface area contributed by atoms with Crippen molar-refractivity contribution in [1.29, 1.82) is 0 Å². The van der Waals surface area contributed by atoms with Crippen molar-refractivity contribution in [3.8, 4) is 17.2 Å². The van der Waals surface area contributed by atoms with Crippen LogP contribution in [-0.4, -0.2) is 62.3 Å². The van der Waals surface area contributed by atoms with E-state index in [1.807, 2.05) is 19.1 Å². The molecule has 0 aliphatic carbocycles. The average molecular weight is 560 g/mol. The Morgan fingerprint density at radius 1 is 0.950 bits per heavy atom. The zero-order chi connectivity index (χ0) is 29.4. The number of hydrogen-bond acceptors (Lipinski definition) is 9. The van der Waals surface area contributed by atoms with Crippen molar-refractivity contribution < 1.29 is 42.4 Å². The largest absolute Gasteiger partial charge is 0.493 e. The number of nitrogens with one attached hydrogen (secondary N) is 2. The van der Waals surface area contributed by atoms with Gasteiger partial charge in [-0.3, -0.25) is 0 Å². The van der Waals surface area contributed by atoms with E-state index < -0.39 is 18.1 Å².